The summed E-state index contributed by atoms with van der Waals surface area (Å²) in [6, 6.07) is 12.9. The number of aryl methyl sites for hydroxylation is 2. The van der Waals surface area contributed by atoms with Crippen molar-refractivity contribution in [1.29, 1.82) is 0 Å². The van der Waals surface area contributed by atoms with Crippen molar-refractivity contribution < 1.29 is 0 Å². The third-order valence-corrected chi connectivity index (χ3v) is 4.84. The maximum absolute atomic E-state index is 4.45. The van der Waals surface area contributed by atoms with Crippen LogP contribution in [0.1, 0.15) is 36.1 Å². The van der Waals surface area contributed by atoms with Gasteiger partial charge >= 0.3 is 0 Å². The van der Waals surface area contributed by atoms with Crippen molar-refractivity contribution in [2.75, 3.05) is 0 Å². The topological polar surface area (TPSA) is 0 Å². The van der Waals surface area contributed by atoms with E-state index in [9.17, 15) is 0 Å². The number of hydrogen-bond donors (Lipinski definition) is 2. The molecule has 0 aliphatic rings. The molecule has 2 rings (SSSR count). The van der Waals surface area contributed by atoms with E-state index < -0.39 is 0 Å². The molecule has 19 heavy (non-hydrogen) atoms. The predicted molar refractivity (Wildman–Crippen MR) is 89.0 cm³/mol. The molecule has 0 unspecified atom stereocenters. The lowest BCUT2D eigenvalue weighted by atomic mass is 9.77. The van der Waals surface area contributed by atoms with Crippen LogP contribution in [-0.4, -0.2) is 0 Å². The molecule has 0 heterocycles. The highest BCUT2D eigenvalue weighted by Gasteiger charge is 2.23. The van der Waals surface area contributed by atoms with Gasteiger partial charge in [0.1, 0.15) is 0 Å². The average Bonchev–Trinajstić information content (AvgIpc) is 2.35. The van der Waals surface area contributed by atoms with Crippen molar-refractivity contribution in [3.05, 3.63) is 58.7 Å². The fourth-order valence-electron chi connectivity index (χ4n) is 2.26. The van der Waals surface area contributed by atoms with Crippen LogP contribution in [0.3, 0.4) is 0 Å². The first kappa shape index (κ1) is 14.5. The Morgan fingerprint density at radius 2 is 1.11 bits per heavy atom. The van der Waals surface area contributed by atoms with E-state index in [1.165, 1.54) is 22.3 Å². The molecule has 0 radical (unpaired) electrons. The summed E-state index contributed by atoms with van der Waals surface area (Å²) >= 11 is 8.90. The van der Waals surface area contributed by atoms with Gasteiger partial charge in [0.15, 0.2) is 0 Å². The van der Waals surface area contributed by atoms with Crippen LogP contribution >= 0.6 is 25.3 Å². The summed E-state index contributed by atoms with van der Waals surface area (Å²) in [6.45, 7) is 8.72. The third-order valence-electron chi connectivity index (χ3n) is 3.84. The summed E-state index contributed by atoms with van der Waals surface area (Å²) in [4.78, 5) is 2.09. The highest BCUT2D eigenvalue weighted by Crippen LogP contribution is 2.34. The zero-order valence-corrected chi connectivity index (χ0v) is 13.6. The standard InChI is InChI=1S/C17H20S2/c1-11-9-13(5-7-15(11)18)17(3,4)14-6-8-16(19)12(2)10-14/h5-10,18-19H,1-4H3. The van der Waals surface area contributed by atoms with Gasteiger partial charge in [-0.2, -0.15) is 0 Å². The van der Waals surface area contributed by atoms with Gasteiger partial charge in [-0.15, -0.1) is 25.3 Å². The minimum absolute atomic E-state index is 0.0154. The van der Waals surface area contributed by atoms with Gasteiger partial charge in [-0.3, -0.25) is 0 Å². The van der Waals surface area contributed by atoms with Gasteiger partial charge in [0.25, 0.3) is 0 Å². The number of thiol groups is 2. The second-order valence-electron chi connectivity index (χ2n) is 5.63. The van der Waals surface area contributed by atoms with Gasteiger partial charge in [-0.25, -0.2) is 0 Å². The van der Waals surface area contributed by atoms with E-state index in [0.29, 0.717) is 0 Å². The highest BCUT2D eigenvalue weighted by atomic mass is 32.1. The van der Waals surface area contributed by atoms with Gasteiger partial charge < -0.3 is 0 Å². The van der Waals surface area contributed by atoms with Crippen LogP contribution in [-0.2, 0) is 5.41 Å². The van der Waals surface area contributed by atoms with Gasteiger partial charge in [0.05, 0.1) is 0 Å². The Hall–Kier alpha value is -0.860. The maximum atomic E-state index is 4.45. The lowest BCUT2D eigenvalue weighted by Crippen LogP contribution is -2.19. The molecule has 0 N–H and O–H groups in total. The Labute approximate surface area is 127 Å². The molecule has 100 valence electrons. The first-order valence-corrected chi connectivity index (χ1v) is 7.32. The molecule has 0 nitrogen and oxygen atoms in total. The molecule has 0 amide bonds. The lowest BCUT2D eigenvalue weighted by molar-refractivity contribution is 0.638. The quantitative estimate of drug-likeness (QED) is 0.697. The molecular weight excluding hydrogens is 268 g/mol. The van der Waals surface area contributed by atoms with Crippen molar-refractivity contribution in [3.63, 3.8) is 0 Å². The van der Waals surface area contributed by atoms with Crippen LogP contribution in [0.15, 0.2) is 46.2 Å². The molecule has 0 saturated heterocycles. The van der Waals surface area contributed by atoms with Crippen molar-refractivity contribution >= 4 is 25.3 Å². The molecule has 0 aliphatic carbocycles. The van der Waals surface area contributed by atoms with E-state index in [0.717, 1.165) is 9.79 Å². The zero-order chi connectivity index (χ0) is 14.2. The van der Waals surface area contributed by atoms with E-state index in [1.54, 1.807) is 0 Å². The van der Waals surface area contributed by atoms with Crippen LogP contribution < -0.4 is 0 Å². The smallest absolute Gasteiger partial charge is 0.0146 e. The molecule has 0 bridgehead atoms. The van der Waals surface area contributed by atoms with Crippen molar-refractivity contribution in [2.24, 2.45) is 0 Å². The second-order valence-corrected chi connectivity index (χ2v) is 6.59. The van der Waals surface area contributed by atoms with E-state index in [-0.39, 0.29) is 5.41 Å². The van der Waals surface area contributed by atoms with Crippen molar-refractivity contribution in [1.82, 2.24) is 0 Å². The van der Waals surface area contributed by atoms with Crippen LogP contribution in [0.25, 0.3) is 0 Å². The fraction of sp³-hybridized carbons (Fsp3) is 0.294. The van der Waals surface area contributed by atoms with Crippen LogP contribution in [0.4, 0.5) is 0 Å². The Bertz CT molecular complexity index is 559. The first-order valence-electron chi connectivity index (χ1n) is 6.42. The van der Waals surface area contributed by atoms with Crippen molar-refractivity contribution in [2.45, 2.75) is 42.9 Å². The summed E-state index contributed by atoms with van der Waals surface area (Å²) in [5.74, 6) is 0. The molecule has 0 aromatic heterocycles. The Morgan fingerprint density at radius 3 is 1.42 bits per heavy atom. The van der Waals surface area contributed by atoms with Gasteiger partial charge in [0, 0.05) is 15.2 Å². The van der Waals surface area contributed by atoms with Gasteiger partial charge in [-0.1, -0.05) is 38.1 Å². The third kappa shape index (κ3) is 2.85. The Morgan fingerprint density at radius 1 is 0.737 bits per heavy atom. The molecule has 0 saturated carbocycles. The summed E-state index contributed by atoms with van der Waals surface area (Å²) in [5.41, 5.74) is 5.05. The lowest BCUT2D eigenvalue weighted by Gasteiger charge is -2.27. The Kier molecular flexibility index (Phi) is 4.03. The van der Waals surface area contributed by atoms with Crippen molar-refractivity contribution in [3.8, 4) is 0 Å². The monoisotopic (exact) mass is 288 g/mol. The number of benzene rings is 2. The molecule has 0 aliphatic heterocycles. The maximum Gasteiger partial charge on any atom is 0.0146 e. The molecule has 2 aromatic rings. The summed E-state index contributed by atoms with van der Waals surface area (Å²) < 4.78 is 0. The molecular formula is C17H20S2. The molecule has 2 aromatic carbocycles. The normalized spacial score (nSPS) is 11.7. The minimum Gasteiger partial charge on any atom is -0.143 e. The zero-order valence-electron chi connectivity index (χ0n) is 11.9. The molecule has 2 heteroatoms. The fourth-order valence-corrected chi connectivity index (χ4v) is 2.53. The summed E-state index contributed by atoms with van der Waals surface area (Å²) in [5, 5.41) is 0. The molecule has 0 spiro atoms. The summed E-state index contributed by atoms with van der Waals surface area (Å²) in [6.07, 6.45) is 0. The minimum atomic E-state index is -0.0154. The van der Waals surface area contributed by atoms with Crippen LogP contribution in [0.5, 0.6) is 0 Å². The average molecular weight is 288 g/mol. The van der Waals surface area contributed by atoms with Gasteiger partial charge in [0.2, 0.25) is 0 Å². The first-order chi connectivity index (χ1) is 8.82. The highest BCUT2D eigenvalue weighted by molar-refractivity contribution is 7.80. The van der Waals surface area contributed by atoms with Gasteiger partial charge in [-0.05, 0) is 48.2 Å². The van der Waals surface area contributed by atoms with Crippen LogP contribution in [0, 0.1) is 13.8 Å². The number of hydrogen-bond acceptors (Lipinski definition) is 2. The van der Waals surface area contributed by atoms with E-state index in [1.807, 2.05) is 0 Å². The largest absolute Gasteiger partial charge is 0.143 e. The van der Waals surface area contributed by atoms with E-state index in [4.69, 9.17) is 0 Å². The molecule has 0 fully saturated rings. The predicted octanol–water partition coefficient (Wildman–Crippen LogP) is 5.21. The SMILES string of the molecule is Cc1cc(C(C)(C)c2ccc(S)c(C)c2)ccc1S. The van der Waals surface area contributed by atoms with E-state index in [2.05, 4.69) is 89.4 Å². The molecule has 0 atom stereocenters. The van der Waals surface area contributed by atoms with E-state index >= 15 is 0 Å². The van der Waals surface area contributed by atoms with Crippen LogP contribution in [0.2, 0.25) is 0 Å². The second kappa shape index (κ2) is 5.26. The summed E-state index contributed by atoms with van der Waals surface area (Å²) in [7, 11) is 0. The number of rotatable bonds is 2. The Balaban J connectivity index is 2.51.